The van der Waals surface area contributed by atoms with Gasteiger partial charge in [0.2, 0.25) is 5.91 Å². The molecule has 0 aromatic heterocycles. The van der Waals surface area contributed by atoms with Gasteiger partial charge in [0.25, 0.3) is 0 Å². The topological polar surface area (TPSA) is 96.4 Å². The van der Waals surface area contributed by atoms with Crippen LogP contribution in [0.15, 0.2) is 23.4 Å². The van der Waals surface area contributed by atoms with E-state index in [0.717, 1.165) is 54.7 Å². The Balaban J connectivity index is 1.19. The smallest absolute Gasteiger partial charge is 0.338 e. The first-order chi connectivity index (χ1) is 15.8. The van der Waals surface area contributed by atoms with Gasteiger partial charge in [0.1, 0.15) is 13.2 Å². The maximum atomic E-state index is 12.9. The van der Waals surface area contributed by atoms with Gasteiger partial charge in [-0.3, -0.25) is 4.79 Å². The highest BCUT2D eigenvalue weighted by molar-refractivity contribution is 5.94. The highest BCUT2D eigenvalue weighted by atomic mass is 16.5. The third-order valence-electron chi connectivity index (χ3n) is 8.01. The molecule has 8 nitrogen and oxygen atoms in total. The maximum absolute atomic E-state index is 12.9. The average molecular weight is 455 g/mol. The number of rotatable bonds is 4. The number of hydrogen-bond donors (Lipinski definition) is 1. The zero-order valence-electron chi connectivity index (χ0n) is 19.2. The lowest BCUT2D eigenvalue weighted by molar-refractivity contribution is -0.139. The molecule has 4 heterocycles. The number of carbonyl (C=O) groups excluding carboxylic acids is 3. The molecule has 1 atom stereocenters. The molecule has 4 aliphatic heterocycles. The molecular formula is C25H30N2O6. The number of benzene rings is 1. The van der Waals surface area contributed by atoms with E-state index in [-0.39, 0.29) is 36.5 Å². The standard InChI is InChI=1S/C25H30N2O6/c1-15-17(3-4-18-19(15)13-32-24(18)31)21(28)12-26-8-5-25(6-9-26)7-10-27(22(29)11-25)20-14-33-23(30)16(20)2/h3-4,21,28H,5-14H2,1-2H3/t21-/m0/s1. The molecule has 176 valence electrons. The number of β-amino-alcohol motifs (C(OH)–C–C–N with tert-alkyl or cyclic N) is 1. The molecule has 2 saturated heterocycles. The van der Waals surface area contributed by atoms with Crippen molar-refractivity contribution in [3.63, 3.8) is 0 Å². The predicted octanol–water partition coefficient (Wildman–Crippen LogP) is 2.23. The molecule has 0 saturated carbocycles. The summed E-state index contributed by atoms with van der Waals surface area (Å²) in [5.41, 5.74) is 4.49. The zero-order chi connectivity index (χ0) is 23.3. The van der Waals surface area contributed by atoms with E-state index < -0.39 is 6.10 Å². The van der Waals surface area contributed by atoms with Crippen molar-refractivity contribution in [2.45, 2.75) is 52.2 Å². The molecule has 8 heteroatoms. The number of piperidine rings is 2. The average Bonchev–Trinajstić information content (AvgIpc) is 3.33. The van der Waals surface area contributed by atoms with Gasteiger partial charge < -0.3 is 24.4 Å². The van der Waals surface area contributed by atoms with Crippen LogP contribution < -0.4 is 0 Å². The normalized spacial score (nSPS) is 23.7. The maximum Gasteiger partial charge on any atom is 0.338 e. The molecule has 1 N–H and O–H groups in total. The van der Waals surface area contributed by atoms with Gasteiger partial charge in [0.15, 0.2) is 0 Å². The van der Waals surface area contributed by atoms with Crippen molar-refractivity contribution in [3.05, 3.63) is 45.7 Å². The van der Waals surface area contributed by atoms with Gasteiger partial charge in [-0.2, -0.15) is 0 Å². The summed E-state index contributed by atoms with van der Waals surface area (Å²) in [6, 6.07) is 3.58. The molecule has 0 unspecified atom stereocenters. The molecule has 1 amide bonds. The van der Waals surface area contributed by atoms with Crippen molar-refractivity contribution in [3.8, 4) is 0 Å². The van der Waals surface area contributed by atoms with Crippen LogP contribution in [0.1, 0.15) is 65.8 Å². The number of hydrogen-bond acceptors (Lipinski definition) is 7. The lowest BCUT2D eigenvalue weighted by atomic mass is 9.70. The van der Waals surface area contributed by atoms with Crippen molar-refractivity contribution in [2.24, 2.45) is 5.41 Å². The SMILES string of the molecule is CC1=C(N2CCC3(CCN(C[C@H](O)c4ccc5c(c4C)COC5=O)CC3)CC2=O)COC1=O. The van der Waals surface area contributed by atoms with Crippen LogP contribution in [-0.2, 0) is 25.7 Å². The Kier molecular flexibility index (Phi) is 5.53. The van der Waals surface area contributed by atoms with Crippen LogP contribution in [0.2, 0.25) is 0 Å². The van der Waals surface area contributed by atoms with Crippen LogP contribution >= 0.6 is 0 Å². The number of amides is 1. The van der Waals surface area contributed by atoms with Gasteiger partial charge in [-0.1, -0.05) is 6.07 Å². The lowest BCUT2D eigenvalue weighted by Crippen LogP contribution is -2.49. The Hall–Kier alpha value is -2.71. The van der Waals surface area contributed by atoms with E-state index in [1.807, 2.05) is 13.0 Å². The molecule has 1 aromatic rings. The van der Waals surface area contributed by atoms with E-state index in [9.17, 15) is 19.5 Å². The molecular weight excluding hydrogens is 424 g/mol. The summed E-state index contributed by atoms with van der Waals surface area (Å²) < 4.78 is 10.2. The summed E-state index contributed by atoms with van der Waals surface area (Å²) in [7, 11) is 0. The first-order valence-corrected chi connectivity index (χ1v) is 11.7. The van der Waals surface area contributed by atoms with Crippen molar-refractivity contribution in [1.82, 2.24) is 9.80 Å². The molecule has 4 aliphatic rings. The second-order valence-corrected chi connectivity index (χ2v) is 9.82. The number of aliphatic hydroxyl groups is 1. The zero-order valence-corrected chi connectivity index (χ0v) is 19.2. The summed E-state index contributed by atoms with van der Waals surface area (Å²) in [6.45, 7) is 6.93. The van der Waals surface area contributed by atoms with E-state index in [0.29, 0.717) is 30.6 Å². The number of esters is 2. The van der Waals surface area contributed by atoms with Crippen LogP contribution in [0.4, 0.5) is 0 Å². The van der Waals surface area contributed by atoms with Crippen molar-refractivity contribution >= 4 is 17.8 Å². The number of likely N-dealkylation sites (tertiary alicyclic amines) is 2. The third kappa shape index (κ3) is 3.85. The van der Waals surface area contributed by atoms with E-state index in [1.54, 1.807) is 17.9 Å². The van der Waals surface area contributed by atoms with Gasteiger partial charge >= 0.3 is 11.9 Å². The first-order valence-electron chi connectivity index (χ1n) is 11.7. The Morgan fingerprint density at radius 1 is 1.00 bits per heavy atom. The fraction of sp³-hybridized carbons (Fsp3) is 0.560. The second-order valence-electron chi connectivity index (χ2n) is 9.82. The Morgan fingerprint density at radius 2 is 1.70 bits per heavy atom. The van der Waals surface area contributed by atoms with Crippen molar-refractivity contribution < 1.29 is 29.0 Å². The summed E-state index contributed by atoms with van der Waals surface area (Å²) in [6.07, 6.45) is 2.60. The molecule has 2 fully saturated rings. The summed E-state index contributed by atoms with van der Waals surface area (Å²) in [5, 5.41) is 10.9. The van der Waals surface area contributed by atoms with Crippen LogP contribution in [-0.4, -0.2) is 65.5 Å². The van der Waals surface area contributed by atoms with Crippen LogP contribution in [0.5, 0.6) is 0 Å². The number of aliphatic hydroxyl groups excluding tert-OH is 1. The van der Waals surface area contributed by atoms with E-state index in [4.69, 9.17) is 9.47 Å². The van der Waals surface area contributed by atoms with Gasteiger partial charge in [0, 0.05) is 25.1 Å². The fourth-order valence-corrected chi connectivity index (χ4v) is 5.72. The second kappa shape index (κ2) is 8.25. The lowest BCUT2D eigenvalue weighted by Gasteiger charge is -2.46. The summed E-state index contributed by atoms with van der Waals surface area (Å²) in [4.78, 5) is 40.4. The molecule has 0 bridgehead atoms. The largest absolute Gasteiger partial charge is 0.457 e. The predicted molar refractivity (Wildman–Crippen MR) is 118 cm³/mol. The minimum Gasteiger partial charge on any atom is -0.457 e. The number of ether oxygens (including phenoxy) is 2. The van der Waals surface area contributed by atoms with E-state index in [2.05, 4.69) is 4.90 Å². The minimum absolute atomic E-state index is 0.00580. The summed E-state index contributed by atoms with van der Waals surface area (Å²) in [5.74, 6) is -0.551. The molecule has 0 radical (unpaired) electrons. The highest BCUT2D eigenvalue weighted by Crippen LogP contribution is 2.43. The molecule has 5 rings (SSSR count). The molecule has 1 spiro atoms. The first kappa shape index (κ1) is 22.1. The Morgan fingerprint density at radius 3 is 2.36 bits per heavy atom. The van der Waals surface area contributed by atoms with Crippen molar-refractivity contribution in [1.29, 1.82) is 0 Å². The summed E-state index contributed by atoms with van der Waals surface area (Å²) >= 11 is 0. The van der Waals surface area contributed by atoms with Gasteiger partial charge in [0.05, 0.1) is 22.9 Å². The monoisotopic (exact) mass is 454 g/mol. The van der Waals surface area contributed by atoms with E-state index in [1.165, 1.54) is 0 Å². The highest BCUT2D eigenvalue weighted by Gasteiger charge is 2.43. The molecule has 33 heavy (non-hydrogen) atoms. The van der Waals surface area contributed by atoms with Gasteiger partial charge in [-0.05, 0) is 68.8 Å². The van der Waals surface area contributed by atoms with Gasteiger partial charge in [-0.25, -0.2) is 9.59 Å². The fourth-order valence-electron chi connectivity index (χ4n) is 5.72. The van der Waals surface area contributed by atoms with Crippen LogP contribution in [0, 0.1) is 12.3 Å². The number of cyclic esters (lactones) is 2. The number of carbonyl (C=O) groups is 3. The number of nitrogens with zero attached hydrogens (tertiary/aromatic N) is 2. The van der Waals surface area contributed by atoms with Crippen LogP contribution in [0.25, 0.3) is 0 Å². The molecule has 0 aliphatic carbocycles. The number of fused-ring (bicyclic) bond motifs is 1. The minimum atomic E-state index is -0.640. The van der Waals surface area contributed by atoms with Crippen molar-refractivity contribution in [2.75, 3.05) is 32.8 Å². The molecule has 1 aromatic carbocycles. The van der Waals surface area contributed by atoms with E-state index >= 15 is 0 Å². The van der Waals surface area contributed by atoms with Crippen LogP contribution in [0.3, 0.4) is 0 Å². The quantitative estimate of drug-likeness (QED) is 0.697. The Labute approximate surface area is 193 Å². The third-order valence-corrected chi connectivity index (χ3v) is 8.01. The van der Waals surface area contributed by atoms with Gasteiger partial charge in [-0.15, -0.1) is 0 Å². The Bertz CT molecular complexity index is 1050.